The van der Waals surface area contributed by atoms with Crippen molar-refractivity contribution < 1.29 is 35.1 Å². The second-order valence-corrected chi connectivity index (χ2v) is 11.3. The Hall–Kier alpha value is -3.64. The van der Waals surface area contributed by atoms with Crippen molar-refractivity contribution in [1.82, 2.24) is 14.8 Å². The van der Waals surface area contributed by atoms with Gasteiger partial charge in [0.15, 0.2) is 5.78 Å². The summed E-state index contributed by atoms with van der Waals surface area (Å²) < 4.78 is 0. The molecular formula is C28H34N4O7. The Labute approximate surface area is 225 Å². The number of allylic oxidation sites excluding steroid dienone is 1. The van der Waals surface area contributed by atoms with Gasteiger partial charge in [0.05, 0.1) is 17.5 Å². The molecular weight excluding hydrogens is 504 g/mol. The number of nitrogens with zero attached hydrogens (tertiary/aromatic N) is 2. The Balaban J connectivity index is 1.66. The van der Waals surface area contributed by atoms with Gasteiger partial charge in [-0.1, -0.05) is 0 Å². The molecule has 1 heterocycles. The summed E-state index contributed by atoms with van der Waals surface area (Å²) in [6, 6.07) is 6.21. The summed E-state index contributed by atoms with van der Waals surface area (Å²) in [5, 5.41) is 55.2. The highest BCUT2D eigenvalue weighted by molar-refractivity contribution is 6.08. The summed E-state index contributed by atoms with van der Waals surface area (Å²) in [4.78, 5) is 33.1. The number of Topliss-reactive ketones (excluding diaryl/α,β-unsaturated/α-hetero) is 1. The fourth-order valence-electron chi connectivity index (χ4n) is 6.84. The molecule has 0 radical (unpaired) electrons. The number of carbonyl (C=O) groups excluding carboxylic acids is 2. The van der Waals surface area contributed by atoms with Gasteiger partial charge in [-0.3, -0.25) is 14.5 Å². The first-order valence-corrected chi connectivity index (χ1v) is 12.8. The number of benzene rings is 1. The van der Waals surface area contributed by atoms with Crippen LogP contribution in [0.4, 0.5) is 0 Å². The van der Waals surface area contributed by atoms with Crippen LogP contribution >= 0.6 is 0 Å². The SMILES string of the molecule is CN(C)Cc1ccc(-c2ccc(O)c3c2CC2C[C@@H]4C(C(=O)C2=C3O)C(O)(O)C(C(N)=O)=C(O)[C@H]4N(C)C)[nH]1. The molecule has 1 fully saturated rings. The molecule has 11 nitrogen and oxygen atoms in total. The maximum atomic E-state index is 13.9. The van der Waals surface area contributed by atoms with Crippen LogP contribution in [0.1, 0.15) is 23.2 Å². The van der Waals surface area contributed by atoms with E-state index in [4.69, 9.17) is 5.73 Å². The molecule has 3 aliphatic rings. The fourth-order valence-corrected chi connectivity index (χ4v) is 6.84. The molecule has 0 bridgehead atoms. The number of aliphatic hydroxyl groups is 4. The van der Waals surface area contributed by atoms with Crippen LogP contribution < -0.4 is 5.73 Å². The van der Waals surface area contributed by atoms with Crippen LogP contribution in [0.25, 0.3) is 17.0 Å². The monoisotopic (exact) mass is 538 g/mol. The molecule has 208 valence electrons. The quantitative estimate of drug-likeness (QED) is 0.273. The van der Waals surface area contributed by atoms with Crippen molar-refractivity contribution >= 4 is 17.4 Å². The minimum absolute atomic E-state index is 0.0360. The number of nitrogens with two attached hydrogens (primary N) is 1. The fraction of sp³-hybridized carbons (Fsp3) is 0.429. The van der Waals surface area contributed by atoms with Crippen LogP contribution in [0.5, 0.6) is 5.75 Å². The maximum absolute atomic E-state index is 13.9. The normalized spacial score (nSPS) is 26.1. The Morgan fingerprint density at radius 1 is 1.10 bits per heavy atom. The number of phenolic OH excluding ortho intramolecular Hbond substituents is 1. The molecule has 0 saturated heterocycles. The molecule has 1 aromatic carbocycles. The molecule has 1 saturated carbocycles. The van der Waals surface area contributed by atoms with Crippen molar-refractivity contribution in [3.63, 3.8) is 0 Å². The van der Waals surface area contributed by atoms with Gasteiger partial charge in [0.25, 0.3) is 5.91 Å². The minimum Gasteiger partial charge on any atom is -0.510 e. The third-order valence-electron chi connectivity index (χ3n) is 8.24. The van der Waals surface area contributed by atoms with Crippen molar-refractivity contribution in [1.29, 1.82) is 0 Å². The lowest BCUT2D eigenvalue weighted by atomic mass is 9.57. The summed E-state index contributed by atoms with van der Waals surface area (Å²) in [5.41, 5.74) is 7.83. The standard InChI is InChI=1S/C28H34N4O7/c1-31(2)11-13-5-7-17(30-13)14-6-8-18(33)20-15(14)9-12-10-16-21(25(35)19(12)24(20)34)28(38,39)22(27(29)37)26(36)23(16)32(3)4/h5-8,12,16,21,23,30,33-34,36,38-39H,9-11H2,1-4H3,(H2,29,37)/t12?,16-,21?,23+/m1/s1. The van der Waals surface area contributed by atoms with Gasteiger partial charge in [0.2, 0.25) is 5.79 Å². The van der Waals surface area contributed by atoms with Gasteiger partial charge in [0, 0.05) is 29.1 Å². The first-order chi connectivity index (χ1) is 18.2. The van der Waals surface area contributed by atoms with E-state index in [2.05, 4.69) is 4.98 Å². The summed E-state index contributed by atoms with van der Waals surface area (Å²) >= 11 is 0. The summed E-state index contributed by atoms with van der Waals surface area (Å²) in [5.74, 6) is -9.20. The first-order valence-electron chi connectivity index (χ1n) is 12.8. The van der Waals surface area contributed by atoms with Crippen LogP contribution in [0.2, 0.25) is 0 Å². The van der Waals surface area contributed by atoms with Crippen LogP contribution in [-0.4, -0.2) is 92.0 Å². The Morgan fingerprint density at radius 3 is 2.41 bits per heavy atom. The number of fused-ring (bicyclic) bond motifs is 3. The molecule has 8 N–H and O–H groups in total. The van der Waals surface area contributed by atoms with E-state index in [1.165, 1.54) is 6.07 Å². The summed E-state index contributed by atoms with van der Waals surface area (Å²) in [6.07, 6.45) is 0.482. The number of hydrogen-bond donors (Lipinski definition) is 7. The number of amides is 1. The number of aromatic amines is 1. The maximum Gasteiger partial charge on any atom is 0.253 e. The average Bonchev–Trinajstić information content (AvgIpc) is 3.25. The number of ketones is 1. The smallest absolute Gasteiger partial charge is 0.253 e. The van der Waals surface area contributed by atoms with E-state index in [9.17, 15) is 35.1 Å². The molecule has 0 aliphatic heterocycles. The number of phenols is 1. The molecule has 2 aromatic rings. The Bertz CT molecular complexity index is 1440. The van der Waals surface area contributed by atoms with Gasteiger partial charge in [-0.25, -0.2) is 0 Å². The number of nitrogens with one attached hydrogen (secondary N) is 1. The average molecular weight is 539 g/mol. The molecule has 4 atom stereocenters. The van der Waals surface area contributed by atoms with E-state index in [0.717, 1.165) is 17.0 Å². The predicted molar refractivity (Wildman–Crippen MR) is 142 cm³/mol. The molecule has 0 spiro atoms. The Morgan fingerprint density at radius 2 is 1.79 bits per heavy atom. The van der Waals surface area contributed by atoms with Crippen LogP contribution in [0.3, 0.4) is 0 Å². The van der Waals surface area contributed by atoms with Crippen molar-refractivity contribution in [2.45, 2.75) is 31.2 Å². The minimum atomic E-state index is -3.04. The molecule has 1 amide bonds. The zero-order valence-electron chi connectivity index (χ0n) is 22.3. The second-order valence-electron chi connectivity index (χ2n) is 11.3. The lowest BCUT2D eigenvalue weighted by Crippen LogP contribution is -2.62. The lowest BCUT2D eigenvalue weighted by molar-refractivity contribution is -0.203. The molecule has 3 aliphatic carbocycles. The number of aliphatic hydroxyl groups excluding tert-OH is 2. The lowest BCUT2D eigenvalue weighted by Gasteiger charge is -2.51. The highest BCUT2D eigenvalue weighted by atomic mass is 16.5. The van der Waals surface area contributed by atoms with Gasteiger partial charge in [-0.2, -0.15) is 0 Å². The Kier molecular flexibility index (Phi) is 6.38. The van der Waals surface area contributed by atoms with E-state index < -0.39 is 58.4 Å². The number of likely N-dealkylation sites (N-methyl/N-ethyl adjacent to an activating group) is 1. The van der Waals surface area contributed by atoms with E-state index in [1.807, 2.05) is 31.1 Å². The summed E-state index contributed by atoms with van der Waals surface area (Å²) in [6.45, 7) is 0.691. The highest BCUT2D eigenvalue weighted by Gasteiger charge is 2.62. The van der Waals surface area contributed by atoms with E-state index >= 15 is 0 Å². The molecule has 2 unspecified atom stereocenters. The molecule has 11 heteroatoms. The van der Waals surface area contributed by atoms with Gasteiger partial charge >= 0.3 is 0 Å². The molecule has 5 rings (SSSR count). The molecule has 1 aromatic heterocycles. The van der Waals surface area contributed by atoms with E-state index in [-0.39, 0.29) is 29.7 Å². The zero-order valence-corrected chi connectivity index (χ0v) is 22.3. The van der Waals surface area contributed by atoms with Crippen molar-refractivity contribution in [2.75, 3.05) is 28.2 Å². The van der Waals surface area contributed by atoms with E-state index in [1.54, 1.807) is 25.1 Å². The third-order valence-corrected chi connectivity index (χ3v) is 8.24. The predicted octanol–water partition coefficient (Wildman–Crippen LogP) is 1.02. The van der Waals surface area contributed by atoms with Crippen molar-refractivity contribution in [3.05, 3.63) is 58.0 Å². The van der Waals surface area contributed by atoms with Gasteiger partial charge in [0.1, 0.15) is 22.8 Å². The van der Waals surface area contributed by atoms with Gasteiger partial charge in [-0.15, -0.1) is 0 Å². The topological polar surface area (TPSA) is 184 Å². The van der Waals surface area contributed by atoms with E-state index in [0.29, 0.717) is 12.1 Å². The first kappa shape index (κ1) is 26.9. The highest BCUT2D eigenvalue weighted by Crippen LogP contribution is 2.54. The van der Waals surface area contributed by atoms with Gasteiger partial charge < -0.3 is 41.2 Å². The van der Waals surface area contributed by atoms with Crippen LogP contribution in [0.15, 0.2) is 41.2 Å². The van der Waals surface area contributed by atoms with Crippen molar-refractivity contribution in [2.24, 2.45) is 23.5 Å². The second kappa shape index (κ2) is 9.23. The zero-order chi connectivity index (χ0) is 28.5. The number of primary amides is 1. The van der Waals surface area contributed by atoms with Crippen LogP contribution in [0, 0.1) is 17.8 Å². The van der Waals surface area contributed by atoms with Gasteiger partial charge in [-0.05, 0) is 82.7 Å². The number of aromatic nitrogens is 1. The third kappa shape index (κ3) is 4.04. The number of H-pyrrole nitrogens is 1. The number of rotatable bonds is 5. The van der Waals surface area contributed by atoms with Crippen LogP contribution in [-0.2, 0) is 22.6 Å². The summed E-state index contributed by atoms with van der Waals surface area (Å²) in [7, 11) is 7.21. The number of carbonyl (C=O) groups is 2. The largest absolute Gasteiger partial charge is 0.510 e. The number of aromatic hydroxyl groups is 1. The molecule has 39 heavy (non-hydrogen) atoms. The number of hydrogen-bond acceptors (Lipinski definition) is 9. The van der Waals surface area contributed by atoms with Crippen molar-refractivity contribution in [3.8, 4) is 17.0 Å².